The van der Waals surface area contributed by atoms with E-state index in [-0.39, 0.29) is 16.3 Å². The fraction of sp³-hybridized carbons (Fsp3) is 0.500. The zero-order valence-electron chi connectivity index (χ0n) is 11.1. The average Bonchev–Trinajstić information content (AvgIpc) is 2.40. The molecule has 0 aliphatic rings. The number of rotatable bonds is 6. The van der Waals surface area contributed by atoms with Crippen LogP contribution in [-0.4, -0.2) is 17.3 Å². The Bertz CT molecular complexity index is 435. The van der Waals surface area contributed by atoms with E-state index in [2.05, 4.69) is 51.0 Å². The van der Waals surface area contributed by atoms with Crippen LogP contribution in [0.3, 0.4) is 0 Å². The lowest BCUT2D eigenvalue weighted by Gasteiger charge is -2.20. The summed E-state index contributed by atoms with van der Waals surface area (Å²) in [5.41, 5.74) is 0.0682. The molecule has 0 aliphatic heterocycles. The number of carbonyl (C=O) groups excluding carboxylic acids is 1. The molecule has 106 valence electrons. The van der Waals surface area contributed by atoms with Gasteiger partial charge in [0, 0.05) is 15.8 Å². The molecule has 0 spiro atoms. The number of hydrogen-bond donors (Lipinski definition) is 1. The van der Waals surface area contributed by atoms with Crippen LogP contribution in [0.2, 0.25) is 0 Å². The molecule has 0 saturated heterocycles. The van der Waals surface area contributed by atoms with Crippen LogP contribution in [0.25, 0.3) is 0 Å². The van der Waals surface area contributed by atoms with Crippen molar-refractivity contribution in [3.63, 3.8) is 0 Å². The number of amides is 1. The highest BCUT2D eigenvalue weighted by Gasteiger charge is 2.18. The summed E-state index contributed by atoms with van der Waals surface area (Å²) in [5.74, 6) is -0.379. The molecule has 1 aromatic rings. The van der Waals surface area contributed by atoms with E-state index in [9.17, 15) is 9.18 Å². The van der Waals surface area contributed by atoms with Crippen LogP contribution in [0.5, 0.6) is 0 Å². The van der Waals surface area contributed by atoms with E-state index in [4.69, 9.17) is 0 Å². The van der Waals surface area contributed by atoms with Crippen molar-refractivity contribution in [2.45, 2.75) is 31.5 Å². The second-order valence-electron chi connectivity index (χ2n) is 4.43. The van der Waals surface area contributed by atoms with Crippen LogP contribution in [0.15, 0.2) is 22.7 Å². The largest absolute Gasteiger partial charge is 0.351 e. The molecule has 0 heterocycles. The monoisotopic (exact) mass is 393 g/mol. The molecule has 1 amide bonds. The zero-order chi connectivity index (χ0) is 14.4. The molecule has 19 heavy (non-hydrogen) atoms. The van der Waals surface area contributed by atoms with Gasteiger partial charge in [0.25, 0.3) is 5.91 Å². The van der Waals surface area contributed by atoms with Crippen molar-refractivity contribution in [3.8, 4) is 0 Å². The van der Waals surface area contributed by atoms with Gasteiger partial charge in [0.2, 0.25) is 0 Å². The zero-order valence-corrected chi connectivity index (χ0v) is 14.2. The quantitative estimate of drug-likeness (QED) is 0.706. The molecule has 0 aromatic heterocycles. The molecule has 1 aromatic carbocycles. The predicted molar refractivity (Wildman–Crippen MR) is 83.2 cm³/mol. The number of benzene rings is 1. The Labute approximate surface area is 130 Å². The lowest BCUT2D eigenvalue weighted by molar-refractivity contribution is 0.0948. The van der Waals surface area contributed by atoms with Crippen molar-refractivity contribution in [2.75, 3.05) is 6.54 Å². The smallest absolute Gasteiger partial charge is 0.254 e. The van der Waals surface area contributed by atoms with Crippen molar-refractivity contribution < 1.29 is 9.18 Å². The Hall–Kier alpha value is -0.420. The molecule has 1 N–H and O–H groups in total. The minimum atomic E-state index is -0.505. The first-order valence-electron chi connectivity index (χ1n) is 6.36. The first kappa shape index (κ1) is 16.6. The third-order valence-corrected chi connectivity index (χ3v) is 4.76. The van der Waals surface area contributed by atoms with Gasteiger partial charge in [-0.25, -0.2) is 4.39 Å². The number of nitrogens with one attached hydrogen (secondary N) is 1. The second-order valence-corrected chi connectivity index (χ2v) is 6.52. The van der Waals surface area contributed by atoms with Crippen molar-refractivity contribution in [1.29, 1.82) is 0 Å². The van der Waals surface area contributed by atoms with Crippen molar-refractivity contribution in [2.24, 2.45) is 5.92 Å². The van der Waals surface area contributed by atoms with E-state index in [0.29, 0.717) is 16.9 Å². The van der Waals surface area contributed by atoms with E-state index in [1.165, 1.54) is 12.1 Å². The summed E-state index contributed by atoms with van der Waals surface area (Å²) in [6.07, 6.45) is 2.10. The number of carbonyl (C=O) groups is 1. The normalized spacial score (nSPS) is 12.5. The molecule has 1 rings (SSSR count). The highest BCUT2D eigenvalue weighted by Crippen LogP contribution is 2.20. The van der Waals surface area contributed by atoms with Gasteiger partial charge in [0.15, 0.2) is 0 Å². The molecular formula is C14H18Br2FNO. The summed E-state index contributed by atoms with van der Waals surface area (Å²) in [4.78, 5) is 12.1. The molecule has 0 aliphatic carbocycles. The fourth-order valence-electron chi connectivity index (χ4n) is 1.92. The molecule has 2 nitrogen and oxygen atoms in total. The lowest BCUT2D eigenvalue weighted by Crippen LogP contribution is -2.33. The minimum Gasteiger partial charge on any atom is -0.351 e. The van der Waals surface area contributed by atoms with Gasteiger partial charge in [-0.3, -0.25) is 4.79 Å². The summed E-state index contributed by atoms with van der Waals surface area (Å²) in [7, 11) is 0. The summed E-state index contributed by atoms with van der Waals surface area (Å²) in [6, 6.07) is 4.35. The van der Waals surface area contributed by atoms with Gasteiger partial charge in [-0.15, -0.1) is 0 Å². The molecule has 0 fully saturated rings. The maximum Gasteiger partial charge on any atom is 0.254 e. The molecule has 0 saturated carbocycles. The minimum absolute atomic E-state index is 0.0682. The maximum absolute atomic E-state index is 13.5. The Morgan fingerprint density at radius 3 is 2.58 bits per heavy atom. The van der Waals surface area contributed by atoms with Gasteiger partial charge < -0.3 is 5.32 Å². The summed E-state index contributed by atoms with van der Waals surface area (Å²) in [6.45, 7) is 4.74. The van der Waals surface area contributed by atoms with Gasteiger partial charge in [0.05, 0.1) is 5.56 Å². The molecule has 1 atom stereocenters. The Kier molecular flexibility index (Phi) is 7.00. The van der Waals surface area contributed by atoms with Crippen LogP contribution in [0.1, 0.15) is 37.0 Å². The second kappa shape index (κ2) is 8.00. The highest BCUT2D eigenvalue weighted by molar-refractivity contribution is 9.10. The molecule has 1 unspecified atom stereocenters. The van der Waals surface area contributed by atoms with Gasteiger partial charge in [-0.1, -0.05) is 58.5 Å². The lowest BCUT2D eigenvalue weighted by atomic mass is 9.99. The third-order valence-electron chi connectivity index (χ3n) is 3.19. The molecular weight excluding hydrogens is 377 g/mol. The van der Waals surface area contributed by atoms with E-state index < -0.39 is 5.82 Å². The highest BCUT2D eigenvalue weighted by atomic mass is 79.9. The number of hydrogen-bond acceptors (Lipinski definition) is 1. The van der Waals surface area contributed by atoms with E-state index in [1.807, 2.05) is 0 Å². The SMILES string of the molecule is CCC(CC)C(Br)CNC(=O)c1cc(Br)ccc1F. The van der Waals surface area contributed by atoms with E-state index in [0.717, 1.165) is 12.8 Å². The van der Waals surface area contributed by atoms with E-state index >= 15 is 0 Å². The fourth-order valence-corrected chi connectivity index (χ4v) is 3.19. The standard InChI is InChI=1S/C14H18Br2FNO/c1-3-9(4-2)12(16)8-18-14(19)11-7-10(15)5-6-13(11)17/h5-7,9,12H,3-4,8H2,1-2H3,(H,18,19). The van der Waals surface area contributed by atoms with Crippen LogP contribution < -0.4 is 5.32 Å². The Morgan fingerprint density at radius 1 is 1.37 bits per heavy atom. The summed E-state index contributed by atoms with van der Waals surface area (Å²) in [5, 5.41) is 2.77. The maximum atomic E-state index is 13.5. The number of alkyl halides is 1. The average molecular weight is 395 g/mol. The Balaban J connectivity index is 2.63. The van der Waals surface area contributed by atoms with Crippen LogP contribution in [0, 0.1) is 11.7 Å². The van der Waals surface area contributed by atoms with Crippen molar-refractivity contribution >= 4 is 37.8 Å². The van der Waals surface area contributed by atoms with Crippen LogP contribution >= 0.6 is 31.9 Å². The van der Waals surface area contributed by atoms with Gasteiger partial charge in [0.1, 0.15) is 5.82 Å². The molecule has 0 bridgehead atoms. The van der Waals surface area contributed by atoms with E-state index in [1.54, 1.807) is 6.07 Å². The van der Waals surface area contributed by atoms with Gasteiger partial charge in [-0.05, 0) is 24.1 Å². The summed E-state index contributed by atoms with van der Waals surface area (Å²) < 4.78 is 14.2. The van der Waals surface area contributed by atoms with Crippen LogP contribution in [0.4, 0.5) is 4.39 Å². The van der Waals surface area contributed by atoms with Gasteiger partial charge >= 0.3 is 0 Å². The van der Waals surface area contributed by atoms with Crippen molar-refractivity contribution in [3.05, 3.63) is 34.1 Å². The third kappa shape index (κ3) is 4.88. The summed E-state index contributed by atoms with van der Waals surface area (Å²) >= 11 is 6.82. The van der Waals surface area contributed by atoms with Crippen LogP contribution in [-0.2, 0) is 0 Å². The van der Waals surface area contributed by atoms with Crippen molar-refractivity contribution in [1.82, 2.24) is 5.32 Å². The molecule has 0 radical (unpaired) electrons. The molecule has 5 heteroatoms. The number of halogens is 3. The first-order valence-corrected chi connectivity index (χ1v) is 8.07. The predicted octanol–water partition coefficient (Wildman–Crippen LogP) is 4.52. The topological polar surface area (TPSA) is 29.1 Å². The van der Waals surface area contributed by atoms with Gasteiger partial charge in [-0.2, -0.15) is 0 Å². The first-order chi connectivity index (χ1) is 8.99. The Morgan fingerprint density at radius 2 is 2.00 bits per heavy atom.